The third-order valence-electron chi connectivity index (χ3n) is 4.48. The fourth-order valence-corrected chi connectivity index (χ4v) is 3.57. The average molecular weight is 300 g/mol. The Kier molecular flexibility index (Phi) is 3.88. The first kappa shape index (κ1) is 14.6. The Morgan fingerprint density at radius 1 is 1.23 bits per heavy atom. The number of ether oxygens (including phenoxy) is 1. The smallest absolute Gasteiger partial charge is 0.228 e. The number of benzene rings is 1. The van der Waals surface area contributed by atoms with Crippen molar-refractivity contribution in [2.75, 3.05) is 11.9 Å². The minimum atomic E-state index is -1.14. The van der Waals surface area contributed by atoms with E-state index >= 15 is 0 Å². The molecular formula is C17H18NO4-. The van der Waals surface area contributed by atoms with Gasteiger partial charge in [-0.05, 0) is 37.3 Å². The molecule has 1 aromatic rings. The zero-order chi connectivity index (χ0) is 15.7. The number of hydrogen-bond donors (Lipinski definition) is 1. The number of carboxylic acids is 1. The minimum Gasteiger partial charge on any atom is -0.550 e. The van der Waals surface area contributed by atoms with Crippen molar-refractivity contribution in [1.29, 1.82) is 0 Å². The van der Waals surface area contributed by atoms with Gasteiger partial charge in [0.15, 0.2) is 0 Å². The minimum absolute atomic E-state index is 0.0212. The highest BCUT2D eigenvalue weighted by molar-refractivity contribution is 5.97. The molecule has 5 nitrogen and oxygen atoms in total. The molecule has 2 bridgehead atoms. The Balaban J connectivity index is 1.80. The van der Waals surface area contributed by atoms with Crippen LogP contribution in [0.3, 0.4) is 0 Å². The van der Waals surface area contributed by atoms with Gasteiger partial charge >= 0.3 is 0 Å². The summed E-state index contributed by atoms with van der Waals surface area (Å²) >= 11 is 0. The summed E-state index contributed by atoms with van der Waals surface area (Å²) in [6.07, 6.45) is 4.55. The summed E-state index contributed by atoms with van der Waals surface area (Å²) in [7, 11) is 0. The van der Waals surface area contributed by atoms with Crippen LogP contribution in [-0.2, 0) is 9.59 Å². The summed E-state index contributed by atoms with van der Waals surface area (Å²) in [5.74, 6) is -2.26. The largest absolute Gasteiger partial charge is 0.550 e. The molecule has 1 aromatic carbocycles. The average Bonchev–Trinajstić information content (AvgIpc) is 3.10. The Bertz CT molecular complexity index is 625. The molecule has 4 atom stereocenters. The predicted molar refractivity (Wildman–Crippen MR) is 79.0 cm³/mol. The van der Waals surface area contributed by atoms with Crippen molar-refractivity contribution in [2.24, 2.45) is 23.7 Å². The predicted octanol–water partition coefficient (Wildman–Crippen LogP) is 1.21. The molecule has 1 fully saturated rings. The first-order valence-electron chi connectivity index (χ1n) is 7.53. The van der Waals surface area contributed by atoms with E-state index in [0.717, 1.165) is 0 Å². The van der Waals surface area contributed by atoms with Gasteiger partial charge in [-0.1, -0.05) is 24.3 Å². The third kappa shape index (κ3) is 2.47. The quantitative estimate of drug-likeness (QED) is 0.829. The van der Waals surface area contributed by atoms with Gasteiger partial charge in [0.1, 0.15) is 5.75 Å². The maximum atomic E-state index is 12.6. The molecule has 0 radical (unpaired) electrons. The number of anilines is 1. The maximum Gasteiger partial charge on any atom is 0.228 e. The van der Waals surface area contributed by atoms with Crippen LogP contribution in [0.25, 0.3) is 0 Å². The van der Waals surface area contributed by atoms with Crippen LogP contribution in [0.5, 0.6) is 5.75 Å². The van der Waals surface area contributed by atoms with E-state index in [1.165, 1.54) is 0 Å². The highest BCUT2D eigenvalue weighted by Crippen LogP contribution is 2.48. The molecule has 1 amide bonds. The highest BCUT2D eigenvalue weighted by atomic mass is 16.5. The molecule has 0 heterocycles. The van der Waals surface area contributed by atoms with E-state index in [0.29, 0.717) is 24.5 Å². The number of aliphatic carboxylic acids is 1. The number of nitrogens with one attached hydrogen (secondary N) is 1. The van der Waals surface area contributed by atoms with Gasteiger partial charge < -0.3 is 20.0 Å². The molecule has 2 aliphatic carbocycles. The summed E-state index contributed by atoms with van der Waals surface area (Å²) in [4.78, 5) is 24.0. The van der Waals surface area contributed by atoms with E-state index in [1.807, 2.05) is 25.1 Å². The Morgan fingerprint density at radius 2 is 1.91 bits per heavy atom. The molecule has 116 valence electrons. The number of amides is 1. The first-order chi connectivity index (χ1) is 10.6. The summed E-state index contributed by atoms with van der Waals surface area (Å²) < 4.78 is 5.48. The van der Waals surface area contributed by atoms with Crippen molar-refractivity contribution in [3.8, 4) is 5.75 Å². The number of fused-ring (bicyclic) bond motifs is 2. The molecule has 0 aliphatic heterocycles. The Labute approximate surface area is 129 Å². The van der Waals surface area contributed by atoms with Gasteiger partial charge in [0, 0.05) is 11.9 Å². The maximum absolute atomic E-state index is 12.6. The molecule has 3 rings (SSSR count). The van der Waals surface area contributed by atoms with Crippen molar-refractivity contribution in [3.05, 3.63) is 36.4 Å². The van der Waals surface area contributed by atoms with Crippen LogP contribution < -0.4 is 15.2 Å². The molecule has 1 saturated carbocycles. The van der Waals surface area contributed by atoms with Crippen LogP contribution in [0.15, 0.2) is 36.4 Å². The van der Waals surface area contributed by atoms with Crippen LogP contribution in [0, 0.1) is 23.7 Å². The number of rotatable bonds is 5. The molecule has 22 heavy (non-hydrogen) atoms. The van der Waals surface area contributed by atoms with E-state index in [2.05, 4.69) is 5.32 Å². The number of allylic oxidation sites excluding steroid dienone is 2. The third-order valence-corrected chi connectivity index (χ3v) is 4.48. The lowest BCUT2D eigenvalue weighted by atomic mass is 9.82. The second-order valence-corrected chi connectivity index (χ2v) is 5.74. The number of carboxylic acid groups (broad SMARTS) is 1. The van der Waals surface area contributed by atoms with Gasteiger partial charge in [-0.15, -0.1) is 0 Å². The van der Waals surface area contributed by atoms with Gasteiger partial charge in [0.25, 0.3) is 0 Å². The molecule has 5 heteroatoms. The van der Waals surface area contributed by atoms with Crippen molar-refractivity contribution >= 4 is 17.6 Å². The molecule has 0 aromatic heterocycles. The number of hydrogen-bond acceptors (Lipinski definition) is 4. The lowest BCUT2D eigenvalue weighted by molar-refractivity contribution is -0.313. The fraction of sp³-hybridized carbons (Fsp3) is 0.412. The van der Waals surface area contributed by atoms with Gasteiger partial charge in [0.2, 0.25) is 5.91 Å². The van der Waals surface area contributed by atoms with Crippen LogP contribution in [0.2, 0.25) is 0 Å². The van der Waals surface area contributed by atoms with Crippen LogP contribution in [0.1, 0.15) is 13.3 Å². The van der Waals surface area contributed by atoms with E-state index < -0.39 is 17.8 Å². The van der Waals surface area contributed by atoms with Crippen molar-refractivity contribution in [3.63, 3.8) is 0 Å². The lowest BCUT2D eigenvalue weighted by Gasteiger charge is -2.28. The highest BCUT2D eigenvalue weighted by Gasteiger charge is 2.48. The van der Waals surface area contributed by atoms with E-state index in [4.69, 9.17) is 4.74 Å². The second-order valence-electron chi connectivity index (χ2n) is 5.74. The van der Waals surface area contributed by atoms with E-state index in [-0.39, 0.29) is 17.7 Å². The Morgan fingerprint density at radius 3 is 2.59 bits per heavy atom. The summed E-state index contributed by atoms with van der Waals surface area (Å²) in [5, 5.41) is 14.2. The number of carbonyl (C=O) groups excluding carboxylic acids is 2. The number of carbonyl (C=O) groups is 2. The van der Waals surface area contributed by atoms with Crippen molar-refractivity contribution in [1.82, 2.24) is 0 Å². The van der Waals surface area contributed by atoms with Gasteiger partial charge in [-0.2, -0.15) is 0 Å². The van der Waals surface area contributed by atoms with Crippen LogP contribution >= 0.6 is 0 Å². The monoisotopic (exact) mass is 300 g/mol. The zero-order valence-corrected chi connectivity index (χ0v) is 12.3. The summed E-state index contributed by atoms with van der Waals surface area (Å²) in [5.41, 5.74) is 0.568. The SMILES string of the molecule is CCOc1ccccc1NC(=O)[C@H]1[C@@H](C(=O)[O-])[C@H]2C=C[C@@H]1C2. The molecule has 1 N–H and O–H groups in total. The van der Waals surface area contributed by atoms with Gasteiger partial charge in [0.05, 0.1) is 18.2 Å². The standard InChI is InChI=1S/C17H19NO4/c1-2-22-13-6-4-3-5-12(13)18-16(19)14-10-7-8-11(9-10)15(14)17(20)21/h3-8,10-11,14-15H,2,9H2,1H3,(H,18,19)(H,20,21)/p-1/t10-,11+,14-,15+/m1/s1. The van der Waals surface area contributed by atoms with E-state index in [9.17, 15) is 14.7 Å². The normalized spacial score (nSPS) is 28.6. The molecule has 0 spiro atoms. The molecular weight excluding hydrogens is 282 g/mol. The number of para-hydroxylation sites is 2. The van der Waals surface area contributed by atoms with Crippen molar-refractivity contribution < 1.29 is 19.4 Å². The van der Waals surface area contributed by atoms with Crippen molar-refractivity contribution in [2.45, 2.75) is 13.3 Å². The first-order valence-corrected chi connectivity index (χ1v) is 7.53. The second kappa shape index (κ2) is 5.83. The topological polar surface area (TPSA) is 78.5 Å². The molecule has 0 unspecified atom stereocenters. The molecule has 2 aliphatic rings. The summed E-state index contributed by atoms with van der Waals surface area (Å²) in [6.45, 7) is 2.36. The molecule has 0 saturated heterocycles. The van der Waals surface area contributed by atoms with Gasteiger partial charge in [-0.3, -0.25) is 4.79 Å². The van der Waals surface area contributed by atoms with Crippen LogP contribution in [-0.4, -0.2) is 18.5 Å². The lowest BCUT2D eigenvalue weighted by Crippen LogP contribution is -2.42. The summed E-state index contributed by atoms with van der Waals surface area (Å²) in [6, 6.07) is 7.15. The Hall–Kier alpha value is -2.30. The van der Waals surface area contributed by atoms with Gasteiger partial charge in [-0.25, -0.2) is 0 Å². The zero-order valence-electron chi connectivity index (χ0n) is 12.3. The van der Waals surface area contributed by atoms with E-state index in [1.54, 1.807) is 18.2 Å². The fourth-order valence-electron chi connectivity index (χ4n) is 3.57. The van der Waals surface area contributed by atoms with Crippen LogP contribution in [0.4, 0.5) is 5.69 Å².